The summed E-state index contributed by atoms with van der Waals surface area (Å²) in [6.07, 6.45) is 3.83. The Bertz CT molecular complexity index is 1280. The first-order chi connectivity index (χ1) is 17.5. The fraction of sp³-hybridized carbons (Fsp3) is 0.444. The van der Waals surface area contributed by atoms with Crippen LogP contribution in [0.25, 0.3) is 11.0 Å². The standard InChI is InChI=1S/C27H33N5O4/c1-18-10-19-11-20(14-30-25(19)31-18)36-26(29-3)21-12-23(33-4)24(13-22(21)28-2)35-9-5-7-32-8-6-27(15-32)16-34-17-27/h10-14H,2,5-9,15-17H2,1,3-4H3,(H,30,31). The van der Waals surface area contributed by atoms with Gasteiger partial charge in [0.2, 0.25) is 5.90 Å². The number of pyridine rings is 1. The number of hydrogen-bond acceptors (Lipinski definition) is 8. The number of nitrogens with zero attached hydrogens (tertiary/aromatic N) is 4. The van der Waals surface area contributed by atoms with E-state index >= 15 is 0 Å². The van der Waals surface area contributed by atoms with Gasteiger partial charge in [0.05, 0.1) is 44.4 Å². The van der Waals surface area contributed by atoms with Gasteiger partial charge in [-0.15, -0.1) is 0 Å². The van der Waals surface area contributed by atoms with E-state index in [0.717, 1.165) is 56.0 Å². The molecule has 0 amide bonds. The molecular formula is C27H33N5O4. The molecule has 3 aromatic rings. The minimum Gasteiger partial charge on any atom is -0.493 e. The first kappa shape index (κ1) is 24.3. The van der Waals surface area contributed by atoms with E-state index < -0.39 is 0 Å². The van der Waals surface area contributed by atoms with Crippen molar-refractivity contribution in [2.45, 2.75) is 19.8 Å². The summed E-state index contributed by atoms with van der Waals surface area (Å²) in [6, 6.07) is 7.60. The first-order valence-corrected chi connectivity index (χ1v) is 12.2. The number of fused-ring (bicyclic) bond motifs is 1. The summed E-state index contributed by atoms with van der Waals surface area (Å²) in [6.45, 7) is 11.4. The zero-order valence-corrected chi connectivity index (χ0v) is 21.2. The molecule has 2 aliphatic heterocycles. The van der Waals surface area contributed by atoms with Crippen LogP contribution in [0.1, 0.15) is 24.1 Å². The fourth-order valence-corrected chi connectivity index (χ4v) is 4.96. The highest BCUT2D eigenvalue weighted by molar-refractivity contribution is 6.01. The molecule has 2 saturated heterocycles. The lowest BCUT2D eigenvalue weighted by Gasteiger charge is -2.37. The zero-order valence-electron chi connectivity index (χ0n) is 21.2. The van der Waals surface area contributed by atoms with Gasteiger partial charge in [0, 0.05) is 42.7 Å². The van der Waals surface area contributed by atoms with E-state index in [2.05, 4.69) is 31.6 Å². The van der Waals surface area contributed by atoms with Crippen LogP contribution < -0.4 is 14.2 Å². The Morgan fingerprint density at radius 1 is 1.25 bits per heavy atom. The van der Waals surface area contributed by atoms with Gasteiger partial charge in [-0.3, -0.25) is 9.98 Å². The first-order valence-electron chi connectivity index (χ1n) is 12.2. The summed E-state index contributed by atoms with van der Waals surface area (Å²) in [5, 5.41) is 0.967. The number of rotatable bonds is 9. The Morgan fingerprint density at radius 2 is 2.11 bits per heavy atom. The third kappa shape index (κ3) is 4.94. The van der Waals surface area contributed by atoms with Crippen LogP contribution in [-0.4, -0.2) is 81.1 Å². The highest BCUT2D eigenvalue weighted by Gasteiger charge is 2.43. The van der Waals surface area contributed by atoms with Crippen molar-refractivity contribution in [2.75, 3.05) is 53.6 Å². The Kier molecular flexibility index (Phi) is 6.93. The van der Waals surface area contributed by atoms with E-state index in [1.54, 1.807) is 20.4 Å². The summed E-state index contributed by atoms with van der Waals surface area (Å²) >= 11 is 0. The Hall–Kier alpha value is -3.43. The van der Waals surface area contributed by atoms with Crippen LogP contribution in [0.5, 0.6) is 17.2 Å². The lowest BCUT2D eigenvalue weighted by Crippen LogP contribution is -2.44. The third-order valence-electron chi connectivity index (χ3n) is 6.89. The smallest absolute Gasteiger partial charge is 0.224 e. The van der Waals surface area contributed by atoms with Crippen molar-refractivity contribution in [1.82, 2.24) is 14.9 Å². The van der Waals surface area contributed by atoms with E-state index in [-0.39, 0.29) is 0 Å². The van der Waals surface area contributed by atoms with Gasteiger partial charge in [-0.2, -0.15) is 0 Å². The van der Waals surface area contributed by atoms with E-state index in [0.29, 0.717) is 46.4 Å². The number of aliphatic imine (C=N–C) groups is 2. The van der Waals surface area contributed by atoms with Crippen LogP contribution in [0, 0.1) is 12.3 Å². The largest absolute Gasteiger partial charge is 0.493 e. The number of hydrogen-bond donors (Lipinski definition) is 1. The highest BCUT2D eigenvalue weighted by Crippen LogP contribution is 2.38. The molecule has 190 valence electrons. The SMILES string of the molecule is C=Nc1cc(OCCCN2CCC3(COC3)C2)c(OC)cc1C(=NC)Oc1cnc2[nH]c(C)cc2c1. The van der Waals surface area contributed by atoms with Crippen molar-refractivity contribution < 1.29 is 18.9 Å². The summed E-state index contributed by atoms with van der Waals surface area (Å²) in [4.78, 5) is 18.7. The quantitative estimate of drug-likeness (QED) is 0.275. The molecule has 9 heteroatoms. The molecule has 0 atom stereocenters. The van der Waals surface area contributed by atoms with E-state index in [9.17, 15) is 0 Å². The monoisotopic (exact) mass is 491 g/mol. The number of H-pyrrole nitrogens is 1. The van der Waals surface area contributed by atoms with Crippen LogP contribution >= 0.6 is 0 Å². The second kappa shape index (κ2) is 10.3. The Labute approximate surface area is 211 Å². The van der Waals surface area contributed by atoms with Gasteiger partial charge in [-0.25, -0.2) is 4.98 Å². The summed E-state index contributed by atoms with van der Waals surface area (Å²) < 4.78 is 23.3. The van der Waals surface area contributed by atoms with E-state index in [1.807, 2.05) is 31.2 Å². The molecule has 0 unspecified atom stereocenters. The molecule has 36 heavy (non-hydrogen) atoms. The lowest BCUT2D eigenvalue weighted by atomic mass is 9.85. The number of methoxy groups -OCH3 is 1. The van der Waals surface area contributed by atoms with Crippen molar-refractivity contribution in [3.05, 3.63) is 41.7 Å². The second-order valence-electron chi connectivity index (χ2n) is 9.59. The molecule has 2 fully saturated rings. The fourth-order valence-electron chi connectivity index (χ4n) is 4.96. The molecular weight excluding hydrogens is 458 g/mol. The maximum Gasteiger partial charge on any atom is 0.224 e. The molecule has 0 aliphatic carbocycles. The van der Waals surface area contributed by atoms with Crippen molar-refractivity contribution in [3.63, 3.8) is 0 Å². The average Bonchev–Trinajstić information content (AvgIpc) is 3.47. The molecule has 5 rings (SSSR count). The molecule has 9 nitrogen and oxygen atoms in total. The van der Waals surface area contributed by atoms with E-state index in [4.69, 9.17) is 18.9 Å². The van der Waals surface area contributed by atoms with Crippen LogP contribution in [-0.2, 0) is 4.74 Å². The zero-order chi connectivity index (χ0) is 25.1. The molecule has 4 heterocycles. The number of aryl methyl sites for hydroxylation is 1. The maximum atomic E-state index is 6.11. The molecule has 1 N–H and O–H groups in total. The Balaban J connectivity index is 1.26. The lowest BCUT2D eigenvalue weighted by molar-refractivity contribution is -0.105. The van der Waals surface area contributed by atoms with Crippen LogP contribution in [0.4, 0.5) is 5.69 Å². The molecule has 0 bridgehead atoms. The van der Waals surface area contributed by atoms with Crippen molar-refractivity contribution in [2.24, 2.45) is 15.4 Å². The predicted octanol–water partition coefficient (Wildman–Crippen LogP) is 4.16. The summed E-state index contributed by atoms with van der Waals surface area (Å²) in [5.41, 5.74) is 3.52. The van der Waals surface area contributed by atoms with Crippen molar-refractivity contribution in [3.8, 4) is 17.2 Å². The van der Waals surface area contributed by atoms with Gasteiger partial charge in [-0.1, -0.05) is 0 Å². The van der Waals surface area contributed by atoms with Gasteiger partial charge < -0.3 is 28.8 Å². The topological polar surface area (TPSA) is 93.6 Å². The van der Waals surface area contributed by atoms with Gasteiger partial charge in [-0.05, 0) is 51.2 Å². The molecule has 2 aliphatic rings. The third-order valence-corrected chi connectivity index (χ3v) is 6.89. The predicted molar refractivity (Wildman–Crippen MR) is 141 cm³/mol. The molecule has 2 aromatic heterocycles. The Morgan fingerprint density at radius 3 is 2.81 bits per heavy atom. The number of likely N-dealkylation sites (tertiary alicyclic amines) is 1. The normalized spacial score (nSPS) is 17.4. The van der Waals surface area contributed by atoms with Gasteiger partial charge in [0.25, 0.3) is 0 Å². The minimum atomic E-state index is 0.388. The number of aromatic nitrogens is 2. The van der Waals surface area contributed by atoms with E-state index in [1.165, 1.54) is 6.42 Å². The molecule has 0 saturated carbocycles. The highest BCUT2D eigenvalue weighted by atomic mass is 16.5. The molecule has 0 radical (unpaired) electrons. The van der Waals surface area contributed by atoms with Gasteiger partial charge >= 0.3 is 0 Å². The van der Waals surface area contributed by atoms with Gasteiger partial charge in [0.15, 0.2) is 11.5 Å². The van der Waals surface area contributed by atoms with Crippen LogP contribution in [0.15, 0.2) is 40.4 Å². The summed E-state index contributed by atoms with van der Waals surface area (Å²) in [5.74, 6) is 2.17. The molecule has 1 spiro atoms. The minimum absolute atomic E-state index is 0.388. The number of nitrogens with one attached hydrogen (secondary N) is 1. The average molecular weight is 492 g/mol. The van der Waals surface area contributed by atoms with Crippen molar-refractivity contribution >= 4 is 29.3 Å². The number of ether oxygens (including phenoxy) is 4. The second-order valence-corrected chi connectivity index (χ2v) is 9.59. The number of benzene rings is 1. The number of aromatic amines is 1. The molecule has 1 aromatic carbocycles. The van der Waals surface area contributed by atoms with Gasteiger partial charge in [0.1, 0.15) is 11.4 Å². The maximum absolute atomic E-state index is 6.11. The van der Waals surface area contributed by atoms with Crippen molar-refractivity contribution in [1.29, 1.82) is 0 Å². The van der Waals surface area contributed by atoms with Crippen LogP contribution in [0.2, 0.25) is 0 Å². The summed E-state index contributed by atoms with van der Waals surface area (Å²) in [7, 11) is 3.29. The van der Waals surface area contributed by atoms with Crippen LogP contribution in [0.3, 0.4) is 0 Å².